The molecule has 0 spiro atoms. The minimum Gasteiger partial charge on any atom is -0.395 e. The molecule has 0 aliphatic heterocycles. The Kier molecular flexibility index (Phi) is 1.16. The van der Waals surface area contributed by atoms with Crippen LogP contribution in [0, 0.1) is 0 Å². The van der Waals surface area contributed by atoms with E-state index in [0.29, 0.717) is 0 Å². The van der Waals surface area contributed by atoms with Crippen LogP contribution in [0.2, 0.25) is 0 Å². The Morgan fingerprint density at radius 3 is 3.00 bits per heavy atom. The molecular weight excluding hydrogens is 126 g/mol. The fourth-order valence-corrected chi connectivity index (χ4v) is 0.280. The number of tetrazole rings is 1. The molecule has 1 rings (SSSR count). The van der Waals surface area contributed by atoms with Crippen LogP contribution >= 0.6 is 0 Å². The van der Waals surface area contributed by atoms with Gasteiger partial charge < -0.3 is 5.21 Å². The molecule has 0 atom stereocenters. The SMILES string of the molecule is [N-]=[N+]=Nc1nnn(O)n1. The van der Waals surface area contributed by atoms with Crippen molar-refractivity contribution in [3.05, 3.63) is 10.4 Å². The second-order valence-electron chi connectivity index (χ2n) is 1.05. The van der Waals surface area contributed by atoms with Gasteiger partial charge in [-0.05, 0) is 15.9 Å². The molecule has 1 aromatic rings. The summed E-state index contributed by atoms with van der Waals surface area (Å²) in [5.74, 6) is -0.208. The molecule has 0 radical (unpaired) electrons. The van der Waals surface area contributed by atoms with Crippen LogP contribution in [-0.2, 0) is 0 Å². The molecule has 0 aliphatic rings. The summed E-state index contributed by atoms with van der Waals surface area (Å²) < 4.78 is 0. The average molecular weight is 127 g/mol. The van der Waals surface area contributed by atoms with Gasteiger partial charge in [-0.3, -0.25) is 0 Å². The predicted octanol–water partition coefficient (Wildman–Crippen LogP) is -0.148. The molecule has 8 nitrogen and oxygen atoms in total. The highest BCUT2D eigenvalue weighted by Crippen LogP contribution is 1.95. The monoisotopic (exact) mass is 127 g/mol. The van der Waals surface area contributed by atoms with Gasteiger partial charge in [-0.15, -0.1) is 5.10 Å². The summed E-state index contributed by atoms with van der Waals surface area (Å²) in [6.07, 6.45) is 0. The van der Waals surface area contributed by atoms with E-state index >= 15 is 0 Å². The van der Waals surface area contributed by atoms with Gasteiger partial charge in [0.05, 0.1) is 0 Å². The van der Waals surface area contributed by atoms with Crippen LogP contribution in [0.25, 0.3) is 10.4 Å². The van der Waals surface area contributed by atoms with Gasteiger partial charge in [0.25, 0.3) is 5.95 Å². The zero-order valence-electron chi connectivity index (χ0n) is 4.08. The zero-order valence-corrected chi connectivity index (χ0v) is 4.08. The van der Waals surface area contributed by atoms with Gasteiger partial charge in [0, 0.05) is 9.87 Å². The molecule has 0 unspecified atom stereocenters. The molecule has 0 aliphatic carbocycles. The van der Waals surface area contributed by atoms with Crippen LogP contribution in [-0.4, -0.2) is 25.6 Å². The number of hydrogen-bond acceptors (Lipinski definition) is 5. The third-order valence-electron chi connectivity index (χ3n) is 0.527. The molecule has 1 heterocycles. The van der Waals surface area contributed by atoms with Crippen molar-refractivity contribution >= 4 is 5.95 Å². The average Bonchev–Trinajstić information content (AvgIpc) is 2.17. The quantitative estimate of drug-likeness (QED) is 0.244. The lowest BCUT2D eigenvalue weighted by Gasteiger charge is -1.73. The molecule has 46 valence electrons. The first kappa shape index (κ1) is 5.32. The van der Waals surface area contributed by atoms with Crippen LogP contribution in [0.1, 0.15) is 0 Å². The minimum atomic E-state index is -0.208. The van der Waals surface area contributed by atoms with Gasteiger partial charge in [-0.1, -0.05) is 5.10 Å². The van der Waals surface area contributed by atoms with Crippen LogP contribution in [0.15, 0.2) is 5.11 Å². The van der Waals surface area contributed by atoms with E-state index in [2.05, 4.69) is 25.4 Å². The van der Waals surface area contributed by atoms with E-state index in [1.54, 1.807) is 0 Å². The topological polar surface area (TPSA) is 113 Å². The van der Waals surface area contributed by atoms with E-state index in [4.69, 9.17) is 10.7 Å². The van der Waals surface area contributed by atoms with E-state index in [-0.39, 0.29) is 10.9 Å². The van der Waals surface area contributed by atoms with Crippen molar-refractivity contribution in [1.82, 2.24) is 20.4 Å². The van der Waals surface area contributed by atoms with Crippen LogP contribution in [0.5, 0.6) is 0 Å². The summed E-state index contributed by atoms with van der Waals surface area (Å²) in [5, 5.41) is 20.5. The van der Waals surface area contributed by atoms with E-state index in [1.165, 1.54) is 0 Å². The first-order valence-electron chi connectivity index (χ1n) is 1.87. The lowest BCUT2D eigenvalue weighted by molar-refractivity contribution is 0.107. The highest BCUT2D eigenvalue weighted by atomic mass is 16.5. The molecule has 0 bridgehead atoms. The van der Waals surface area contributed by atoms with Crippen molar-refractivity contribution in [3.8, 4) is 0 Å². The first-order valence-corrected chi connectivity index (χ1v) is 1.87. The molecular formula is CHN7O. The van der Waals surface area contributed by atoms with Crippen LogP contribution in [0.4, 0.5) is 5.95 Å². The van der Waals surface area contributed by atoms with Gasteiger partial charge in [-0.25, -0.2) is 0 Å². The lowest BCUT2D eigenvalue weighted by atomic mass is 11.1. The van der Waals surface area contributed by atoms with Crippen molar-refractivity contribution in [3.63, 3.8) is 0 Å². The van der Waals surface area contributed by atoms with Gasteiger partial charge >= 0.3 is 0 Å². The zero-order chi connectivity index (χ0) is 6.69. The molecule has 0 aromatic carbocycles. The molecule has 0 saturated carbocycles. The van der Waals surface area contributed by atoms with Gasteiger partial charge in [0.2, 0.25) is 0 Å². The molecule has 9 heavy (non-hydrogen) atoms. The van der Waals surface area contributed by atoms with Crippen molar-refractivity contribution in [2.75, 3.05) is 0 Å². The number of azide groups is 1. The Labute approximate surface area is 48.3 Å². The molecule has 1 aromatic heterocycles. The lowest BCUT2D eigenvalue weighted by Crippen LogP contribution is -1.93. The Balaban J connectivity index is 2.97. The number of hydrogen-bond donors (Lipinski definition) is 1. The molecule has 8 heteroatoms. The number of nitrogens with zero attached hydrogens (tertiary/aromatic N) is 7. The maximum Gasteiger partial charge on any atom is 0.264 e. The fourth-order valence-electron chi connectivity index (χ4n) is 0.280. The van der Waals surface area contributed by atoms with Gasteiger partial charge in [0.15, 0.2) is 0 Å². The Morgan fingerprint density at radius 1 is 1.78 bits per heavy atom. The van der Waals surface area contributed by atoms with Crippen molar-refractivity contribution in [1.29, 1.82) is 0 Å². The normalized spacial score (nSPS) is 8.44. The minimum absolute atomic E-state index is 0.208. The van der Waals surface area contributed by atoms with Crippen molar-refractivity contribution in [2.24, 2.45) is 5.11 Å². The highest BCUT2D eigenvalue weighted by molar-refractivity contribution is 5.05. The number of rotatable bonds is 1. The fraction of sp³-hybridized carbons (Fsp3) is 0. The smallest absolute Gasteiger partial charge is 0.264 e. The highest BCUT2D eigenvalue weighted by Gasteiger charge is 1.93. The number of aromatic nitrogens is 4. The third-order valence-corrected chi connectivity index (χ3v) is 0.527. The standard InChI is InChI=1S/CHN7O/c2-6-3-1-4-7-8(9)5-1/h9H. The summed E-state index contributed by atoms with van der Waals surface area (Å²) in [7, 11) is 0. The largest absolute Gasteiger partial charge is 0.395 e. The summed E-state index contributed by atoms with van der Waals surface area (Å²) in [5.41, 5.74) is 7.79. The van der Waals surface area contributed by atoms with Gasteiger partial charge in [-0.2, -0.15) is 0 Å². The van der Waals surface area contributed by atoms with Crippen molar-refractivity contribution < 1.29 is 5.21 Å². The molecule has 0 amide bonds. The second kappa shape index (κ2) is 1.97. The Bertz CT molecular complexity index is 243. The van der Waals surface area contributed by atoms with Gasteiger partial charge in [0.1, 0.15) is 0 Å². The maximum atomic E-state index is 8.33. The van der Waals surface area contributed by atoms with E-state index in [0.717, 1.165) is 0 Å². The third kappa shape index (κ3) is 1.04. The second-order valence-corrected chi connectivity index (χ2v) is 1.05. The van der Waals surface area contributed by atoms with E-state index < -0.39 is 0 Å². The van der Waals surface area contributed by atoms with Crippen LogP contribution < -0.4 is 0 Å². The maximum absolute atomic E-state index is 8.33. The summed E-state index contributed by atoms with van der Waals surface area (Å²) in [6.45, 7) is 0. The molecule has 1 N–H and O–H groups in total. The van der Waals surface area contributed by atoms with Crippen LogP contribution in [0.3, 0.4) is 0 Å². The van der Waals surface area contributed by atoms with E-state index in [9.17, 15) is 0 Å². The van der Waals surface area contributed by atoms with E-state index in [1.807, 2.05) is 0 Å². The molecule has 0 saturated heterocycles. The molecule has 0 fully saturated rings. The first-order chi connectivity index (χ1) is 4.33. The predicted molar refractivity (Wildman–Crippen MR) is 23.8 cm³/mol. The van der Waals surface area contributed by atoms with Crippen molar-refractivity contribution in [2.45, 2.75) is 0 Å². The Morgan fingerprint density at radius 2 is 2.56 bits per heavy atom. The summed E-state index contributed by atoms with van der Waals surface area (Å²) in [6, 6.07) is 0. The summed E-state index contributed by atoms with van der Waals surface area (Å²) >= 11 is 0. The Hall–Kier alpha value is -1.82. The summed E-state index contributed by atoms with van der Waals surface area (Å²) in [4.78, 5) is 2.57.